The molecule has 0 aromatic carbocycles. The van der Waals surface area contributed by atoms with Gasteiger partial charge in [-0.15, -0.1) is 0 Å². The largest absolute Gasteiger partial charge is 0.383 e. The van der Waals surface area contributed by atoms with E-state index in [-0.39, 0.29) is 5.83 Å². The van der Waals surface area contributed by atoms with E-state index in [4.69, 9.17) is 0 Å². The van der Waals surface area contributed by atoms with Crippen LogP contribution in [0.1, 0.15) is 6.92 Å². The Hall–Kier alpha value is -0.790. The Labute approximate surface area is 47.9 Å². The number of hydrogen-bond acceptors (Lipinski definition) is 1. The Balaban J connectivity index is 2.76. The molecule has 1 heterocycles. The minimum absolute atomic E-state index is 0.156. The van der Waals surface area contributed by atoms with Gasteiger partial charge in [0.1, 0.15) is 5.83 Å². The summed E-state index contributed by atoms with van der Waals surface area (Å²) >= 11 is 0. The average Bonchev–Trinajstić information content (AvgIpc) is 1.77. The predicted molar refractivity (Wildman–Crippen MR) is 31.0 cm³/mol. The van der Waals surface area contributed by atoms with E-state index in [9.17, 15) is 4.39 Å². The maximum Gasteiger partial charge on any atom is 0.141 e. The van der Waals surface area contributed by atoms with E-state index in [1.165, 1.54) is 6.08 Å². The third kappa shape index (κ3) is 0.886. The Bertz CT molecular complexity index is 147. The van der Waals surface area contributed by atoms with E-state index in [0.717, 1.165) is 6.54 Å². The third-order valence-electron chi connectivity index (χ3n) is 1.11. The highest BCUT2D eigenvalue weighted by Crippen LogP contribution is 2.06. The van der Waals surface area contributed by atoms with Crippen molar-refractivity contribution in [2.24, 2.45) is 0 Å². The summed E-state index contributed by atoms with van der Waals surface area (Å²) in [5.74, 6) is -0.156. The van der Waals surface area contributed by atoms with Crippen molar-refractivity contribution in [1.82, 2.24) is 5.32 Å². The number of rotatable bonds is 0. The molecule has 1 nitrogen and oxygen atoms in total. The third-order valence-corrected chi connectivity index (χ3v) is 1.11. The van der Waals surface area contributed by atoms with Gasteiger partial charge in [-0.05, 0) is 13.0 Å². The molecule has 0 aromatic heterocycles. The summed E-state index contributed by atoms with van der Waals surface area (Å²) in [6.45, 7) is 2.47. The topological polar surface area (TPSA) is 12.0 Å². The van der Waals surface area contributed by atoms with Gasteiger partial charge in [0.05, 0.1) is 0 Å². The van der Waals surface area contributed by atoms with Crippen LogP contribution in [0.15, 0.2) is 23.7 Å². The molecule has 0 radical (unpaired) electrons. The molecule has 2 heteroatoms. The molecule has 8 heavy (non-hydrogen) atoms. The van der Waals surface area contributed by atoms with Gasteiger partial charge in [-0.25, -0.2) is 4.39 Å². The zero-order chi connectivity index (χ0) is 5.98. The maximum atomic E-state index is 12.3. The average molecular weight is 113 g/mol. The van der Waals surface area contributed by atoms with Gasteiger partial charge in [-0.1, -0.05) is 6.08 Å². The Kier molecular flexibility index (Phi) is 1.33. The minimum Gasteiger partial charge on any atom is -0.383 e. The summed E-state index contributed by atoms with van der Waals surface area (Å²) in [4.78, 5) is 0. The number of dihydropyridines is 1. The van der Waals surface area contributed by atoms with Gasteiger partial charge in [0.15, 0.2) is 0 Å². The molecule has 0 aliphatic carbocycles. The zero-order valence-electron chi connectivity index (χ0n) is 4.74. The number of halogens is 1. The van der Waals surface area contributed by atoms with Crippen LogP contribution in [0.4, 0.5) is 4.39 Å². The van der Waals surface area contributed by atoms with Crippen LogP contribution >= 0.6 is 0 Å². The Morgan fingerprint density at radius 3 is 2.88 bits per heavy atom. The molecule has 1 aliphatic heterocycles. The fourth-order valence-electron chi connectivity index (χ4n) is 0.584. The molecule has 0 saturated heterocycles. The first-order valence-electron chi connectivity index (χ1n) is 2.57. The lowest BCUT2D eigenvalue weighted by Gasteiger charge is -2.06. The second kappa shape index (κ2) is 1.99. The van der Waals surface area contributed by atoms with E-state index in [2.05, 4.69) is 5.32 Å². The summed E-state index contributed by atoms with van der Waals surface area (Å²) in [5.41, 5.74) is 0.632. The van der Waals surface area contributed by atoms with Gasteiger partial charge < -0.3 is 5.32 Å². The molecule has 1 N–H and O–H groups in total. The summed E-state index contributed by atoms with van der Waals surface area (Å²) in [6, 6.07) is 0. The van der Waals surface area contributed by atoms with Crippen LogP contribution in [0.25, 0.3) is 0 Å². The lowest BCUT2D eigenvalue weighted by Crippen LogP contribution is -2.14. The quantitative estimate of drug-likeness (QED) is 0.500. The van der Waals surface area contributed by atoms with Gasteiger partial charge in [-0.2, -0.15) is 0 Å². The fraction of sp³-hybridized carbons (Fsp3) is 0.333. The van der Waals surface area contributed by atoms with Crippen LogP contribution in [0.5, 0.6) is 0 Å². The van der Waals surface area contributed by atoms with E-state index >= 15 is 0 Å². The molecular formula is C6H8FN. The van der Waals surface area contributed by atoms with Crippen molar-refractivity contribution in [3.05, 3.63) is 23.7 Å². The second-order valence-corrected chi connectivity index (χ2v) is 1.76. The number of allylic oxidation sites excluding steroid dienone is 3. The van der Waals surface area contributed by atoms with Crippen molar-refractivity contribution in [2.75, 3.05) is 6.54 Å². The van der Waals surface area contributed by atoms with E-state index in [1.54, 1.807) is 13.0 Å². The van der Waals surface area contributed by atoms with Crippen molar-refractivity contribution >= 4 is 0 Å². The van der Waals surface area contributed by atoms with Crippen LogP contribution in [-0.4, -0.2) is 6.54 Å². The number of hydrogen-bond donors (Lipinski definition) is 1. The van der Waals surface area contributed by atoms with E-state index in [1.807, 2.05) is 0 Å². The maximum absolute atomic E-state index is 12.3. The first kappa shape index (κ1) is 5.35. The molecule has 44 valence electrons. The lowest BCUT2D eigenvalue weighted by molar-refractivity contribution is 0.627. The number of nitrogens with one attached hydrogen (secondary N) is 1. The second-order valence-electron chi connectivity index (χ2n) is 1.76. The SMILES string of the molecule is CC1=C(F)C=CCN1. The molecular weight excluding hydrogens is 105 g/mol. The van der Waals surface area contributed by atoms with Crippen molar-refractivity contribution < 1.29 is 4.39 Å². The van der Waals surface area contributed by atoms with Gasteiger partial charge in [0.25, 0.3) is 0 Å². The predicted octanol–water partition coefficient (Wildman–Crippen LogP) is 1.35. The van der Waals surface area contributed by atoms with Gasteiger partial charge >= 0.3 is 0 Å². The Morgan fingerprint density at radius 2 is 2.50 bits per heavy atom. The normalized spacial score (nSPS) is 18.8. The zero-order valence-corrected chi connectivity index (χ0v) is 4.74. The van der Waals surface area contributed by atoms with Crippen molar-refractivity contribution in [3.63, 3.8) is 0 Å². The standard InChI is InChI=1S/C6H8FN/c1-5-6(7)3-2-4-8-5/h2-3,8H,4H2,1H3. The molecule has 0 amide bonds. The van der Waals surface area contributed by atoms with Crippen molar-refractivity contribution in [2.45, 2.75) is 6.92 Å². The molecule has 0 saturated carbocycles. The summed E-state index contributed by atoms with van der Waals surface area (Å²) in [6.07, 6.45) is 3.23. The van der Waals surface area contributed by atoms with Crippen molar-refractivity contribution in [1.29, 1.82) is 0 Å². The van der Waals surface area contributed by atoms with Crippen LogP contribution in [0, 0.1) is 0 Å². The molecule has 1 rings (SSSR count). The fourth-order valence-corrected chi connectivity index (χ4v) is 0.584. The monoisotopic (exact) mass is 113 g/mol. The highest BCUT2D eigenvalue weighted by molar-refractivity contribution is 5.21. The summed E-state index contributed by atoms with van der Waals surface area (Å²) in [5, 5.41) is 2.85. The lowest BCUT2D eigenvalue weighted by atomic mass is 10.3. The van der Waals surface area contributed by atoms with E-state index in [0.29, 0.717) is 5.70 Å². The molecule has 0 atom stereocenters. The van der Waals surface area contributed by atoms with Crippen LogP contribution in [-0.2, 0) is 0 Å². The first-order valence-corrected chi connectivity index (χ1v) is 2.57. The van der Waals surface area contributed by atoms with Crippen molar-refractivity contribution in [3.8, 4) is 0 Å². The highest BCUT2D eigenvalue weighted by Gasteiger charge is 1.98. The van der Waals surface area contributed by atoms with Crippen LogP contribution < -0.4 is 5.32 Å². The highest BCUT2D eigenvalue weighted by atomic mass is 19.1. The molecule has 0 unspecified atom stereocenters. The van der Waals surface area contributed by atoms with Gasteiger partial charge in [0.2, 0.25) is 0 Å². The molecule has 0 aromatic rings. The molecule has 0 fully saturated rings. The van der Waals surface area contributed by atoms with Gasteiger partial charge in [-0.3, -0.25) is 0 Å². The minimum atomic E-state index is -0.156. The first-order chi connectivity index (χ1) is 3.80. The van der Waals surface area contributed by atoms with Gasteiger partial charge in [0, 0.05) is 12.2 Å². The van der Waals surface area contributed by atoms with Crippen LogP contribution in [0.3, 0.4) is 0 Å². The van der Waals surface area contributed by atoms with E-state index < -0.39 is 0 Å². The summed E-state index contributed by atoms with van der Waals surface area (Å²) in [7, 11) is 0. The molecule has 0 bridgehead atoms. The Morgan fingerprint density at radius 1 is 1.75 bits per heavy atom. The smallest absolute Gasteiger partial charge is 0.141 e. The van der Waals surface area contributed by atoms with Crippen LogP contribution in [0.2, 0.25) is 0 Å². The summed E-state index contributed by atoms with van der Waals surface area (Å²) < 4.78 is 12.3. The molecule has 1 aliphatic rings. The molecule has 0 spiro atoms.